The highest BCUT2D eigenvalue weighted by Gasteiger charge is 2.22. The molecule has 1 aliphatic heterocycles. The van der Waals surface area contributed by atoms with Crippen molar-refractivity contribution in [1.82, 2.24) is 0 Å². The molecule has 0 unspecified atom stereocenters. The first-order chi connectivity index (χ1) is 29.2. The molecule has 0 saturated carbocycles. The van der Waals surface area contributed by atoms with Crippen molar-refractivity contribution in [1.29, 1.82) is 0 Å². The van der Waals surface area contributed by atoms with E-state index in [9.17, 15) is 0 Å². The van der Waals surface area contributed by atoms with Crippen LogP contribution in [-0.2, 0) is 6.42 Å². The minimum Gasteiger partial charge on any atom is -0.456 e. The Bertz CT molecular complexity index is 3450. The Morgan fingerprint density at radius 2 is 1.02 bits per heavy atom. The second kappa shape index (κ2) is 13.4. The number of hydrogen-bond donors (Lipinski definition) is 0. The summed E-state index contributed by atoms with van der Waals surface area (Å²) in [5, 5.41) is 9.55. The van der Waals surface area contributed by atoms with Crippen LogP contribution in [0.15, 0.2) is 216 Å². The number of nitrogens with zero attached hydrogens (tertiary/aromatic N) is 2. The fourth-order valence-corrected chi connectivity index (χ4v) is 9.23. The lowest BCUT2D eigenvalue weighted by Gasteiger charge is -2.27. The minimum absolute atomic E-state index is 0.830. The molecular formula is C56H36N2O. The summed E-state index contributed by atoms with van der Waals surface area (Å²) in [7, 11) is 0. The van der Waals surface area contributed by atoms with Crippen LogP contribution in [0.1, 0.15) is 11.1 Å². The maximum atomic E-state index is 6.77. The molecule has 3 heteroatoms. The average molecular weight is 753 g/mol. The highest BCUT2D eigenvalue weighted by molar-refractivity contribution is 6.23. The number of anilines is 3. The van der Waals surface area contributed by atoms with E-state index in [0.717, 1.165) is 73.2 Å². The van der Waals surface area contributed by atoms with Crippen molar-refractivity contribution < 1.29 is 4.42 Å². The van der Waals surface area contributed by atoms with E-state index in [1.54, 1.807) is 0 Å². The van der Waals surface area contributed by atoms with Gasteiger partial charge in [0.2, 0.25) is 0 Å². The molecule has 0 saturated heterocycles. The lowest BCUT2D eigenvalue weighted by Crippen LogP contribution is -2.10. The molecule has 12 rings (SSSR count). The zero-order valence-electron chi connectivity index (χ0n) is 32.1. The van der Waals surface area contributed by atoms with Gasteiger partial charge in [-0.15, -0.1) is 0 Å². The zero-order valence-corrected chi connectivity index (χ0v) is 32.1. The number of aliphatic imine (C=N–C) groups is 1. The molecule has 1 aromatic heterocycles. The summed E-state index contributed by atoms with van der Waals surface area (Å²) < 4.78 is 6.77. The fourth-order valence-electron chi connectivity index (χ4n) is 9.23. The topological polar surface area (TPSA) is 28.7 Å². The normalized spacial score (nSPS) is 12.4. The van der Waals surface area contributed by atoms with Crippen LogP contribution in [0.2, 0.25) is 0 Å². The summed E-state index contributed by atoms with van der Waals surface area (Å²) in [6.45, 7) is 0. The standard InChI is InChI=1S/C56H36N2O/c1-2-12-36(13-3-1)37-22-27-42(28-23-37)58(43-29-24-38(25-30-43)49-32-39-14-4-6-16-44(39)45-17-7-8-18-46(45)49)53-35-55-56(48-20-10-9-19-47(48)53)50-33-41(26-31-54(50)59-55)52-34-40-15-5-11-21-51(40)57-52/h1-33,35H,34H2. The maximum absolute atomic E-state index is 6.77. The third kappa shape index (κ3) is 5.54. The van der Waals surface area contributed by atoms with Crippen LogP contribution in [0.5, 0.6) is 0 Å². The summed E-state index contributed by atoms with van der Waals surface area (Å²) in [6, 6.07) is 74.2. The quantitative estimate of drug-likeness (QED) is 0.158. The molecule has 3 nitrogen and oxygen atoms in total. The summed E-state index contributed by atoms with van der Waals surface area (Å²) in [4.78, 5) is 7.40. The lowest BCUT2D eigenvalue weighted by molar-refractivity contribution is 0.669. The van der Waals surface area contributed by atoms with Crippen LogP contribution < -0.4 is 4.90 Å². The van der Waals surface area contributed by atoms with E-state index in [1.165, 1.54) is 49.4 Å². The Hall–Kier alpha value is -7.75. The van der Waals surface area contributed by atoms with E-state index in [2.05, 4.69) is 211 Å². The summed E-state index contributed by atoms with van der Waals surface area (Å²) in [6.07, 6.45) is 0.830. The van der Waals surface area contributed by atoms with E-state index in [-0.39, 0.29) is 0 Å². The number of hydrogen-bond acceptors (Lipinski definition) is 3. The highest BCUT2D eigenvalue weighted by atomic mass is 16.3. The van der Waals surface area contributed by atoms with Gasteiger partial charge in [0.15, 0.2) is 0 Å². The predicted octanol–water partition coefficient (Wildman–Crippen LogP) is 15.5. The van der Waals surface area contributed by atoms with Gasteiger partial charge in [-0.1, -0.05) is 146 Å². The number of rotatable bonds is 6. The first kappa shape index (κ1) is 33.4. The molecule has 0 N–H and O–H groups in total. The third-order valence-electron chi connectivity index (χ3n) is 12.1. The van der Waals surface area contributed by atoms with Gasteiger partial charge in [-0.3, -0.25) is 4.99 Å². The van der Waals surface area contributed by atoms with Crippen LogP contribution >= 0.6 is 0 Å². The van der Waals surface area contributed by atoms with Crippen molar-refractivity contribution in [2.24, 2.45) is 4.99 Å². The van der Waals surface area contributed by atoms with Crippen molar-refractivity contribution in [3.63, 3.8) is 0 Å². The summed E-state index contributed by atoms with van der Waals surface area (Å²) in [5.41, 5.74) is 14.2. The van der Waals surface area contributed by atoms with Gasteiger partial charge in [-0.2, -0.15) is 0 Å². The monoisotopic (exact) mass is 752 g/mol. The van der Waals surface area contributed by atoms with E-state index in [0.29, 0.717) is 0 Å². The van der Waals surface area contributed by atoms with Crippen LogP contribution in [0, 0.1) is 0 Å². The predicted molar refractivity (Wildman–Crippen MR) is 248 cm³/mol. The second-order valence-electron chi connectivity index (χ2n) is 15.5. The SMILES string of the molecule is c1ccc(-c2ccc(N(c3ccc(-c4cc5ccccc5c5ccccc45)cc3)c3cc4oc5ccc(C6=Nc7ccccc7C6)cc5c4c4ccccc34)cc2)cc1. The first-order valence-corrected chi connectivity index (χ1v) is 20.2. The van der Waals surface area contributed by atoms with E-state index in [1.807, 2.05) is 0 Å². The van der Waals surface area contributed by atoms with Crippen molar-refractivity contribution in [3.05, 3.63) is 217 Å². The molecule has 11 aromatic rings. The van der Waals surface area contributed by atoms with Gasteiger partial charge >= 0.3 is 0 Å². The van der Waals surface area contributed by atoms with Gasteiger partial charge in [0.25, 0.3) is 0 Å². The molecule has 276 valence electrons. The van der Waals surface area contributed by atoms with Gasteiger partial charge in [0.1, 0.15) is 11.2 Å². The van der Waals surface area contributed by atoms with E-state index < -0.39 is 0 Å². The molecule has 0 spiro atoms. The fraction of sp³-hybridized carbons (Fsp3) is 0.0179. The molecule has 10 aromatic carbocycles. The molecule has 2 heterocycles. The highest BCUT2D eigenvalue weighted by Crippen LogP contribution is 2.46. The van der Waals surface area contributed by atoms with Crippen LogP contribution in [0.25, 0.3) is 76.5 Å². The van der Waals surface area contributed by atoms with Crippen LogP contribution in [0.4, 0.5) is 22.7 Å². The first-order valence-electron chi connectivity index (χ1n) is 20.2. The number of fused-ring (bicyclic) bond motifs is 9. The van der Waals surface area contributed by atoms with Crippen molar-refractivity contribution in [3.8, 4) is 22.3 Å². The zero-order chi connectivity index (χ0) is 38.9. The Kier molecular flexibility index (Phi) is 7.60. The second-order valence-corrected chi connectivity index (χ2v) is 15.5. The van der Waals surface area contributed by atoms with Gasteiger partial charge in [-0.25, -0.2) is 0 Å². The maximum Gasteiger partial charge on any atom is 0.138 e. The summed E-state index contributed by atoms with van der Waals surface area (Å²) >= 11 is 0. The van der Waals surface area contributed by atoms with Gasteiger partial charge in [0, 0.05) is 40.0 Å². The average Bonchev–Trinajstić information content (AvgIpc) is 3.91. The third-order valence-corrected chi connectivity index (χ3v) is 12.1. The van der Waals surface area contributed by atoms with Crippen LogP contribution in [0.3, 0.4) is 0 Å². The molecule has 0 fully saturated rings. The molecule has 0 aliphatic carbocycles. The van der Waals surface area contributed by atoms with E-state index >= 15 is 0 Å². The molecule has 0 bridgehead atoms. The molecule has 1 aliphatic rings. The molecular weight excluding hydrogens is 717 g/mol. The molecule has 0 radical (unpaired) electrons. The van der Waals surface area contributed by atoms with Crippen molar-refractivity contribution in [2.45, 2.75) is 6.42 Å². The van der Waals surface area contributed by atoms with Gasteiger partial charge in [0.05, 0.1) is 17.1 Å². The van der Waals surface area contributed by atoms with Gasteiger partial charge < -0.3 is 9.32 Å². The largest absolute Gasteiger partial charge is 0.456 e. The minimum atomic E-state index is 0.830. The molecule has 0 amide bonds. The smallest absolute Gasteiger partial charge is 0.138 e. The number of furan rings is 1. The lowest BCUT2D eigenvalue weighted by atomic mass is 9.93. The van der Waals surface area contributed by atoms with Crippen molar-refractivity contribution in [2.75, 3.05) is 4.90 Å². The Morgan fingerprint density at radius 1 is 0.407 bits per heavy atom. The number of para-hydroxylation sites is 1. The Labute approximate surface area is 341 Å². The van der Waals surface area contributed by atoms with E-state index in [4.69, 9.17) is 9.41 Å². The van der Waals surface area contributed by atoms with Crippen LogP contribution in [-0.4, -0.2) is 5.71 Å². The molecule has 0 atom stereocenters. The molecule has 59 heavy (non-hydrogen) atoms. The summed E-state index contributed by atoms with van der Waals surface area (Å²) in [5.74, 6) is 0. The Morgan fingerprint density at radius 3 is 1.80 bits per heavy atom. The van der Waals surface area contributed by atoms with Crippen molar-refractivity contribution >= 4 is 82.7 Å². The number of benzene rings is 10. The Balaban J connectivity index is 1.03. The van der Waals surface area contributed by atoms with Gasteiger partial charge in [-0.05, 0) is 115 Å².